The molecule has 0 fully saturated rings. The van der Waals surface area contributed by atoms with Crippen molar-refractivity contribution in [1.82, 2.24) is 9.55 Å². The lowest BCUT2D eigenvalue weighted by Gasteiger charge is -2.20. The average Bonchev–Trinajstić information content (AvgIpc) is 2.65. The van der Waals surface area contributed by atoms with Crippen LogP contribution in [0.15, 0.2) is 24.3 Å². The molecule has 0 saturated carbocycles. The van der Waals surface area contributed by atoms with E-state index < -0.39 is 24.0 Å². The third-order valence-corrected chi connectivity index (χ3v) is 3.14. The van der Waals surface area contributed by atoms with Crippen molar-refractivity contribution in [2.75, 3.05) is 0 Å². The van der Waals surface area contributed by atoms with E-state index in [-0.39, 0.29) is 0 Å². The van der Waals surface area contributed by atoms with Gasteiger partial charge in [-0.25, -0.2) is 4.98 Å². The Morgan fingerprint density at radius 3 is 2.47 bits per heavy atom. The second kappa shape index (κ2) is 5.04. The van der Waals surface area contributed by atoms with Crippen LogP contribution in [0.1, 0.15) is 37.5 Å². The second-order valence-corrected chi connectivity index (χ2v) is 5.27. The van der Waals surface area contributed by atoms with Gasteiger partial charge in [0.25, 0.3) is 0 Å². The first-order valence-corrected chi connectivity index (χ1v) is 6.41. The van der Waals surface area contributed by atoms with E-state index in [4.69, 9.17) is 11.6 Å². The van der Waals surface area contributed by atoms with Gasteiger partial charge >= 0.3 is 6.18 Å². The van der Waals surface area contributed by atoms with Gasteiger partial charge in [-0.15, -0.1) is 11.6 Å². The van der Waals surface area contributed by atoms with Crippen LogP contribution in [0, 0.1) is 0 Å². The number of benzene rings is 1. The Kier molecular flexibility index (Phi) is 3.76. The van der Waals surface area contributed by atoms with Gasteiger partial charge in [0.05, 0.1) is 22.8 Å². The zero-order valence-electron chi connectivity index (χ0n) is 10.6. The fourth-order valence-electron chi connectivity index (χ4n) is 2.23. The Morgan fingerprint density at radius 1 is 1.26 bits per heavy atom. The average molecular weight is 291 g/mol. The molecule has 1 aromatic heterocycles. The fourth-order valence-corrected chi connectivity index (χ4v) is 2.39. The minimum atomic E-state index is -4.21. The zero-order chi connectivity index (χ0) is 14.2. The van der Waals surface area contributed by atoms with E-state index in [1.165, 1.54) is 6.92 Å². The van der Waals surface area contributed by atoms with E-state index in [0.29, 0.717) is 16.9 Å². The lowest BCUT2D eigenvalue weighted by Crippen LogP contribution is -2.18. The van der Waals surface area contributed by atoms with Crippen molar-refractivity contribution in [3.63, 3.8) is 0 Å². The molecule has 2 nitrogen and oxygen atoms in total. The van der Waals surface area contributed by atoms with Crippen molar-refractivity contribution in [2.45, 2.75) is 37.9 Å². The number of nitrogens with zero attached hydrogens (tertiary/aromatic N) is 2. The van der Waals surface area contributed by atoms with Gasteiger partial charge in [-0.05, 0) is 26.0 Å². The molecule has 0 radical (unpaired) electrons. The molecular weight excluding hydrogens is 277 g/mol. The van der Waals surface area contributed by atoms with Crippen LogP contribution < -0.4 is 0 Å². The summed E-state index contributed by atoms with van der Waals surface area (Å²) in [4.78, 5) is 4.33. The van der Waals surface area contributed by atoms with Gasteiger partial charge in [0.15, 0.2) is 0 Å². The maximum absolute atomic E-state index is 12.6. The summed E-state index contributed by atoms with van der Waals surface area (Å²) in [7, 11) is 0. The summed E-state index contributed by atoms with van der Waals surface area (Å²) in [6, 6.07) is 6.39. The third kappa shape index (κ3) is 3.03. The lowest BCUT2D eigenvalue weighted by atomic mass is 10.2. The molecule has 0 aliphatic carbocycles. The van der Waals surface area contributed by atoms with Crippen LogP contribution >= 0.6 is 11.6 Å². The Labute approximate surface area is 114 Å². The SMILES string of the molecule is CC(Cl)c1nc2ccccc2n1C(C)CC(F)(F)F. The predicted molar refractivity (Wildman–Crippen MR) is 69.4 cm³/mol. The Balaban J connectivity index is 2.53. The topological polar surface area (TPSA) is 17.8 Å². The molecule has 2 aromatic rings. The number of hydrogen-bond acceptors (Lipinski definition) is 1. The van der Waals surface area contributed by atoms with Crippen molar-refractivity contribution < 1.29 is 13.2 Å². The molecule has 2 unspecified atom stereocenters. The van der Waals surface area contributed by atoms with Crippen LogP contribution in [0.4, 0.5) is 13.2 Å². The van der Waals surface area contributed by atoms with Gasteiger partial charge < -0.3 is 4.57 Å². The number of halogens is 4. The summed E-state index contributed by atoms with van der Waals surface area (Å²) >= 11 is 6.03. The normalized spacial score (nSPS) is 15.7. The minimum Gasteiger partial charge on any atom is -0.324 e. The monoisotopic (exact) mass is 290 g/mol. The molecular formula is C13H14ClF3N2. The number of aromatic nitrogens is 2. The molecule has 0 N–H and O–H groups in total. The summed E-state index contributed by atoms with van der Waals surface area (Å²) in [6.45, 7) is 3.24. The molecule has 0 aliphatic heterocycles. The second-order valence-electron chi connectivity index (χ2n) is 4.61. The summed E-state index contributed by atoms with van der Waals surface area (Å²) in [5.41, 5.74) is 1.35. The third-order valence-electron chi connectivity index (χ3n) is 2.95. The van der Waals surface area contributed by atoms with Crippen molar-refractivity contribution in [1.29, 1.82) is 0 Å². The van der Waals surface area contributed by atoms with Crippen LogP contribution in [0.2, 0.25) is 0 Å². The summed E-state index contributed by atoms with van der Waals surface area (Å²) in [5, 5.41) is -0.442. The minimum absolute atomic E-state index is 0.442. The van der Waals surface area contributed by atoms with Crippen LogP contribution in [0.3, 0.4) is 0 Å². The van der Waals surface area contributed by atoms with E-state index in [2.05, 4.69) is 4.98 Å². The van der Waals surface area contributed by atoms with Gasteiger partial charge in [-0.2, -0.15) is 13.2 Å². The quantitative estimate of drug-likeness (QED) is 0.739. The van der Waals surface area contributed by atoms with Crippen molar-refractivity contribution in [2.24, 2.45) is 0 Å². The Bertz CT molecular complexity index is 575. The maximum atomic E-state index is 12.6. The van der Waals surface area contributed by atoms with E-state index in [0.717, 1.165) is 0 Å². The molecule has 19 heavy (non-hydrogen) atoms. The molecule has 2 atom stereocenters. The maximum Gasteiger partial charge on any atom is 0.391 e. The van der Waals surface area contributed by atoms with Gasteiger partial charge in [-0.3, -0.25) is 0 Å². The largest absolute Gasteiger partial charge is 0.391 e. The highest BCUT2D eigenvalue weighted by Gasteiger charge is 2.32. The van der Waals surface area contributed by atoms with Crippen LogP contribution in [0.25, 0.3) is 11.0 Å². The highest BCUT2D eigenvalue weighted by atomic mass is 35.5. The number of rotatable bonds is 3. The van der Waals surface area contributed by atoms with Gasteiger partial charge in [-0.1, -0.05) is 12.1 Å². The molecule has 6 heteroatoms. The molecule has 104 valence electrons. The summed E-state index contributed by atoms with van der Waals surface area (Å²) < 4.78 is 39.3. The first kappa shape index (κ1) is 14.2. The highest BCUT2D eigenvalue weighted by molar-refractivity contribution is 6.20. The van der Waals surface area contributed by atoms with Gasteiger partial charge in [0.1, 0.15) is 5.82 Å². The zero-order valence-corrected chi connectivity index (χ0v) is 11.3. The van der Waals surface area contributed by atoms with Crippen molar-refractivity contribution in [3.8, 4) is 0 Å². The fraction of sp³-hybridized carbons (Fsp3) is 0.462. The molecule has 1 aromatic carbocycles. The van der Waals surface area contributed by atoms with E-state index >= 15 is 0 Å². The van der Waals surface area contributed by atoms with Crippen LogP contribution in [0.5, 0.6) is 0 Å². The number of fused-ring (bicyclic) bond motifs is 1. The first-order chi connectivity index (χ1) is 8.79. The number of para-hydroxylation sites is 2. The molecule has 0 bridgehead atoms. The van der Waals surface area contributed by atoms with Crippen LogP contribution in [-0.2, 0) is 0 Å². The van der Waals surface area contributed by atoms with Crippen LogP contribution in [-0.4, -0.2) is 15.7 Å². The van der Waals surface area contributed by atoms with Crippen molar-refractivity contribution >= 4 is 22.6 Å². The Hall–Kier alpha value is -1.23. The molecule has 0 amide bonds. The van der Waals surface area contributed by atoms with E-state index in [1.54, 1.807) is 35.8 Å². The highest BCUT2D eigenvalue weighted by Crippen LogP contribution is 2.33. The van der Waals surface area contributed by atoms with E-state index in [9.17, 15) is 13.2 Å². The standard InChI is InChI=1S/C13H14ClF3N2/c1-8(7-13(15,16)17)19-11-6-4-3-5-10(11)18-12(19)9(2)14/h3-6,8-9H,7H2,1-2H3. The molecule has 0 saturated heterocycles. The molecule has 0 aliphatic rings. The molecule has 0 spiro atoms. The number of alkyl halides is 4. The number of hydrogen-bond donors (Lipinski definition) is 0. The van der Waals surface area contributed by atoms with E-state index in [1.807, 2.05) is 0 Å². The predicted octanol–water partition coefficient (Wildman–Crippen LogP) is 4.85. The van der Waals surface area contributed by atoms with Gasteiger partial charge in [0, 0.05) is 6.04 Å². The number of imidazole rings is 1. The summed E-state index contributed by atoms with van der Waals surface area (Å²) in [6.07, 6.45) is -5.11. The van der Waals surface area contributed by atoms with Crippen molar-refractivity contribution in [3.05, 3.63) is 30.1 Å². The van der Waals surface area contributed by atoms with Gasteiger partial charge in [0.2, 0.25) is 0 Å². The first-order valence-electron chi connectivity index (χ1n) is 5.97. The Morgan fingerprint density at radius 2 is 1.89 bits per heavy atom. The summed E-state index contributed by atoms with van der Waals surface area (Å²) in [5.74, 6) is 0.472. The molecule has 1 heterocycles. The molecule has 2 rings (SSSR count). The lowest BCUT2D eigenvalue weighted by molar-refractivity contribution is -0.141. The smallest absolute Gasteiger partial charge is 0.324 e.